The van der Waals surface area contributed by atoms with Crippen molar-refractivity contribution < 1.29 is 29.0 Å². The Morgan fingerprint density at radius 2 is 1.95 bits per heavy atom. The van der Waals surface area contributed by atoms with E-state index in [0.717, 1.165) is 38.8 Å². The second-order valence-electron chi connectivity index (χ2n) is 12.9. The van der Waals surface area contributed by atoms with Crippen molar-refractivity contribution in [1.29, 1.82) is 0 Å². The predicted molar refractivity (Wildman–Crippen MR) is 165 cm³/mol. The maximum atomic E-state index is 14.7. The number of hydrogen-bond acceptors (Lipinski definition) is 8. The Balaban J connectivity index is 1.65. The first-order valence-corrected chi connectivity index (χ1v) is 16.6. The second kappa shape index (κ2) is 14.3. The molecule has 0 aromatic rings. The molecule has 42 heavy (non-hydrogen) atoms. The fourth-order valence-electron chi connectivity index (χ4n) is 7.57. The van der Waals surface area contributed by atoms with Gasteiger partial charge in [-0.2, -0.15) is 0 Å². The second-order valence-corrected chi connectivity index (χ2v) is 14.8. The number of morpholine rings is 1. The number of esters is 1. The molecule has 1 N–H and O–H groups in total. The van der Waals surface area contributed by atoms with E-state index in [1.54, 1.807) is 22.7 Å². The van der Waals surface area contributed by atoms with Crippen molar-refractivity contribution in [2.24, 2.45) is 17.8 Å². The molecule has 9 nitrogen and oxygen atoms in total. The molecule has 0 radical (unpaired) electrons. The molecule has 4 aliphatic heterocycles. The molecule has 0 aromatic carbocycles. The number of carbonyl (C=O) groups excluding carboxylic acids is 3. The zero-order valence-electron chi connectivity index (χ0n) is 25.8. The number of thioether (sulfide) groups is 1. The zero-order chi connectivity index (χ0) is 30.5. The highest BCUT2D eigenvalue weighted by molar-refractivity contribution is 8.02. The molecule has 2 bridgehead atoms. The summed E-state index contributed by atoms with van der Waals surface area (Å²) >= 11 is 1.65. The van der Waals surface area contributed by atoms with Crippen LogP contribution in [0.2, 0.25) is 0 Å². The minimum absolute atomic E-state index is 0.114. The minimum atomic E-state index is -0.757. The van der Waals surface area contributed by atoms with Crippen LogP contribution in [0.1, 0.15) is 59.3 Å². The molecule has 0 aromatic heterocycles. The van der Waals surface area contributed by atoms with E-state index < -0.39 is 33.4 Å². The molecule has 0 aliphatic carbocycles. The Labute approximate surface area is 256 Å². The quantitative estimate of drug-likeness (QED) is 0.163. The molecule has 10 heteroatoms. The van der Waals surface area contributed by atoms with Gasteiger partial charge in [0, 0.05) is 37.5 Å². The molecular weight excluding hydrogens is 554 g/mol. The maximum absolute atomic E-state index is 14.7. The van der Waals surface area contributed by atoms with E-state index in [1.165, 1.54) is 0 Å². The van der Waals surface area contributed by atoms with Crippen LogP contribution in [0.4, 0.5) is 0 Å². The minimum Gasteiger partial charge on any atom is -0.465 e. The lowest BCUT2D eigenvalue weighted by Crippen LogP contribution is -2.58. The number of hydrogen-bond donors (Lipinski definition) is 1. The average molecular weight is 606 g/mol. The number of carbonyl (C=O) groups is 3. The normalized spacial score (nSPS) is 31.3. The highest BCUT2D eigenvalue weighted by atomic mass is 32.2. The maximum Gasteiger partial charge on any atom is 0.311 e. The van der Waals surface area contributed by atoms with Gasteiger partial charge in [-0.25, -0.2) is 0 Å². The van der Waals surface area contributed by atoms with Crippen molar-refractivity contribution in [3.8, 4) is 0 Å². The molecule has 6 atom stereocenters. The van der Waals surface area contributed by atoms with Crippen molar-refractivity contribution in [3.63, 3.8) is 0 Å². The monoisotopic (exact) mass is 605 g/mol. The number of aliphatic hydroxyl groups excluding tert-OH is 1. The van der Waals surface area contributed by atoms with Gasteiger partial charge in [-0.15, -0.1) is 24.9 Å². The Kier molecular flexibility index (Phi) is 11.2. The number of nitrogens with zero attached hydrogens (tertiary/aromatic N) is 3. The van der Waals surface area contributed by atoms with Gasteiger partial charge in [0.25, 0.3) is 0 Å². The van der Waals surface area contributed by atoms with E-state index >= 15 is 0 Å². The van der Waals surface area contributed by atoms with Crippen LogP contribution in [0, 0.1) is 17.8 Å². The van der Waals surface area contributed by atoms with Crippen LogP contribution in [0.5, 0.6) is 0 Å². The SMILES string of the molecule is C=CCCCCOC(=O)[C@H]1[C@H]2C(=O)N([C@@H](CO)CC(C)C)C(C(=O)N(CC=C)CCN3CCOCC3)C23CC[C@]1(C)S3. The van der Waals surface area contributed by atoms with Crippen LogP contribution in [-0.2, 0) is 23.9 Å². The van der Waals surface area contributed by atoms with Gasteiger partial charge in [-0.1, -0.05) is 26.0 Å². The smallest absolute Gasteiger partial charge is 0.311 e. The molecule has 4 saturated heterocycles. The molecule has 1 spiro atoms. The molecule has 4 rings (SSSR count). The van der Waals surface area contributed by atoms with Gasteiger partial charge in [0.1, 0.15) is 6.04 Å². The van der Waals surface area contributed by atoms with Gasteiger partial charge >= 0.3 is 5.97 Å². The zero-order valence-corrected chi connectivity index (χ0v) is 26.6. The third-order valence-electron chi connectivity index (χ3n) is 9.55. The number of fused-ring (bicyclic) bond motifs is 1. The van der Waals surface area contributed by atoms with E-state index in [-0.39, 0.29) is 30.3 Å². The Hall–Kier alpha value is -1.88. The van der Waals surface area contributed by atoms with Crippen molar-refractivity contribution in [2.45, 2.75) is 80.9 Å². The average Bonchev–Trinajstić information content (AvgIpc) is 3.54. The lowest BCUT2D eigenvalue weighted by molar-refractivity contribution is -0.156. The molecule has 2 amide bonds. The Morgan fingerprint density at radius 1 is 1.21 bits per heavy atom. The summed E-state index contributed by atoms with van der Waals surface area (Å²) in [4.78, 5) is 48.6. The lowest BCUT2D eigenvalue weighted by Gasteiger charge is -2.40. The largest absolute Gasteiger partial charge is 0.465 e. The third kappa shape index (κ3) is 6.47. The fourth-order valence-corrected chi connectivity index (χ4v) is 9.90. The van der Waals surface area contributed by atoms with E-state index in [0.29, 0.717) is 52.3 Å². The summed E-state index contributed by atoms with van der Waals surface area (Å²) in [7, 11) is 0. The molecular formula is C32H51N3O6S. The summed E-state index contributed by atoms with van der Waals surface area (Å²) in [5.74, 6) is -1.70. The highest BCUT2D eigenvalue weighted by Gasteiger charge is 2.78. The number of amides is 2. The van der Waals surface area contributed by atoms with Gasteiger partial charge in [0.05, 0.1) is 49.1 Å². The molecule has 236 valence electrons. The number of aliphatic hydroxyl groups is 1. The fraction of sp³-hybridized carbons (Fsp3) is 0.781. The van der Waals surface area contributed by atoms with E-state index in [2.05, 4.69) is 38.8 Å². The van der Waals surface area contributed by atoms with Crippen molar-refractivity contribution >= 4 is 29.5 Å². The molecule has 0 saturated carbocycles. The number of unbranched alkanes of at least 4 members (excludes halogenated alkanes) is 2. The highest BCUT2D eigenvalue weighted by Crippen LogP contribution is 2.71. The summed E-state index contributed by atoms with van der Waals surface area (Å²) in [6.07, 6.45) is 8.07. The molecule has 4 aliphatic rings. The van der Waals surface area contributed by atoms with E-state index in [1.807, 2.05) is 11.0 Å². The van der Waals surface area contributed by atoms with E-state index in [4.69, 9.17) is 9.47 Å². The predicted octanol–water partition coefficient (Wildman–Crippen LogP) is 3.12. The van der Waals surface area contributed by atoms with Crippen molar-refractivity contribution in [3.05, 3.63) is 25.3 Å². The third-order valence-corrected chi connectivity index (χ3v) is 11.5. The van der Waals surface area contributed by atoms with Crippen molar-refractivity contribution in [1.82, 2.24) is 14.7 Å². The number of ether oxygens (including phenoxy) is 2. The van der Waals surface area contributed by atoms with E-state index in [9.17, 15) is 19.5 Å². The number of likely N-dealkylation sites (tertiary alicyclic amines) is 1. The van der Waals surface area contributed by atoms with Gasteiger partial charge in [0.2, 0.25) is 11.8 Å². The van der Waals surface area contributed by atoms with Crippen molar-refractivity contribution in [2.75, 3.05) is 59.2 Å². The lowest BCUT2D eigenvalue weighted by atomic mass is 9.66. The van der Waals surface area contributed by atoms with Crippen LogP contribution in [0.15, 0.2) is 25.3 Å². The van der Waals surface area contributed by atoms with Crippen LogP contribution in [0.25, 0.3) is 0 Å². The molecule has 2 unspecified atom stereocenters. The molecule has 4 heterocycles. The summed E-state index contributed by atoms with van der Waals surface area (Å²) < 4.78 is 10.1. The van der Waals surface area contributed by atoms with Gasteiger partial charge in [-0.05, 0) is 51.4 Å². The standard InChI is InChI=1S/C32H51N3O6S/c1-6-8-9-10-18-41-30(39)26-25-28(37)35(24(22-36)21-23(3)4)27(32(25)12-11-31(26,5)42-32)29(38)34(13-7-2)15-14-33-16-19-40-20-17-33/h6-7,23-27,36H,1-2,8-22H2,3-5H3/t24-,25+,26-,27?,31+,32?/m1/s1. The van der Waals surface area contributed by atoms with Gasteiger partial charge in [-0.3, -0.25) is 19.3 Å². The summed E-state index contributed by atoms with van der Waals surface area (Å²) in [6, 6.07) is -1.26. The van der Waals surface area contributed by atoms with Crippen LogP contribution in [0.3, 0.4) is 0 Å². The number of rotatable bonds is 16. The molecule has 4 fully saturated rings. The summed E-state index contributed by atoms with van der Waals surface area (Å²) in [6.45, 7) is 18.5. The van der Waals surface area contributed by atoms with Gasteiger partial charge < -0.3 is 24.4 Å². The van der Waals surface area contributed by atoms with Gasteiger partial charge in [0.15, 0.2) is 0 Å². The van der Waals surface area contributed by atoms with Crippen LogP contribution < -0.4 is 0 Å². The van der Waals surface area contributed by atoms with Crippen LogP contribution in [-0.4, -0.2) is 118 Å². The Morgan fingerprint density at radius 3 is 2.60 bits per heavy atom. The number of allylic oxidation sites excluding steroid dienone is 1. The topological polar surface area (TPSA) is 99.6 Å². The first-order valence-electron chi connectivity index (χ1n) is 15.7. The summed E-state index contributed by atoms with van der Waals surface area (Å²) in [5, 5.41) is 10.6. The summed E-state index contributed by atoms with van der Waals surface area (Å²) in [5.41, 5.74) is 0. The van der Waals surface area contributed by atoms with Crippen LogP contribution >= 0.6 is 11.8 Å². The first kappa shape index (κ1) is 33.0. The Bertz CT molecular complexity index is 1000. The first-order chi connectivity index (χ1) is 20.1.